The molecule has 0 saturated carbocycles. The van der Waals surface area contributed by atoms with Crippen molar-refractivity contribution in [3.8, 4) is 0 Å². The molecule has 1 aromatic rings. The summed E-state index contributed by atoms with van der Waals surface area (Å²) < 4.78 is 0. The fourth-order valence-electron chi connectivity index (χ4n) is 3.00. The summed E-state index contributed by atoms with van der Waals surface area (Å²) in [6.45, 7) is 1.28. The molecule has 4 atom stereocenters. The highest BCUT2D eigenvalue weighted by molar-refractivity contribution is 5.94. The van der Waals surface area contributed by atoms with E-state index in [0.29, 0.717) is 0 Å². The van der Waals surface area contributed by atoms with E-state index in [1.165, 1.54) is 6.92 Å². The molecule has 192 valence electrons. The first kappa shape index (κ1) is 29.0. The Hall–Kier alpha value is -4.00. The molecule has 0 fully saturated rings. The number of primary amides is 1. The number of hydrogen-bond acceptors (Lipinski definition) is 7. The van der Waals surface area contributed by atoms with Crippen LogP contribution in [0.5, 0.6) is 0 Å². The number of benzene rings is 1. The summed E-state index contributed by atoms with van der Waals surface area (Å²) in [5, 5.41) is 25.1. The third-order valence-electron chi connectivity index (χ3n) is 4.96. The molecular weight excluding hydrogens is 462 g/mol. The monoisotopic (exact) mass is 493 g/mol. The van der Waals surface area contributed by atoms with E-state index in [2.05, 4.69) is 16.0 Å². The van der Waals surface area contributed by atoms with Gasteiger partial charge >= 0.3 is 11.9 Å². The first-order valence-electron chi connectivity index (χ1n) is 10.8. The average molecular weight is 494 g/mol. The van der Waals surface area contributed by atoms with E-state index in [1.807, 2.05) is 0 Å². The molecule has 0 aliphatic heterocycles. The highest BCUT2D eigenvalue weighted by Gasteiger charge is 2.28. The molecular formula is C22H31N5O8. The van der Waals surface area contributed by atoms with Gasteiger partial charge in [-0.3, -0.25) is 24.0 Å². The molecule has 0 bridgehead atoms. The predicted molar refractivity (Wildman–Crippen MR) is 123 cm³/mol. The molecule has 0 spiro atoms. The molecule has 0 aliphatic rings. The topological polar surface area (TPSA) is 231 Å². The summed E-state index contributed by atoms with van der Waals surface area (Å²) in [7, 11) is 0. The van der Waals surface area contributed by atoms with Crippen molar-refractivity contribution in [3.05, 3.63) is 35.9 Å². The van der Waals surface area contributed by atoms with Crippen molar-refractivity contribution in [3.63, 3.8) is 0 Å². The van der Waals surface area contributed by atoms with Crippen molar-refractivity contribution in [2.75, 3.05) is 0 Å². The molecule has 0 aromatic heterocycles. The Morgan fingerprint density at radius 1 is 0.829 bits per heavy atom. The van der Waals surface area contributed by atoms with Gasteiger partial charge in [0.1, 0.15) is 18.1 Å². The molecule has 4 amide bonds. The van der Waals surface area contributed by atoms with Gasteiger partial charge in [0, 0.05) is 12.8 Å². The zero-order valence-corrected chi connectivity index (χ0v) is 19.2. The quantitative estimate of drug-likeness (QED) is 0.146. The first-order valence-corrected chi connectivity index (χ1v) is 10.8. The minimum Gasteiger partial charge on any atom is -0.481 e. The molecule has 1 rings (SSSR count). The molecule has 0 radical (unpaired) electrons. The summed E-state index contributed by atoms with van der Waals surface area (Å²) in [5.74, 6) is -5.73. The van der Waals surface area contributed by atoms with Crippen molar-refractivity contribution >= 4 is 35.6 Å². The lowest BCUT2D eigenvalue weighted by molar-refractivity contribution is -0.142. The van der Waals surface area contributed by atoms with Crippen molar-refractivity contribution in [1.82, 2.24) is 16.0 Å². The standard InChI is InChI=1S/C22H31N5O8/c1-12(19(31)27-16(22(34)35)7-9-17(24)28)25-21(33)15(8-10-18(29)30)26-20(32)14(23)11-13-5-3-2-4-6-13/h2-6,12,14-16H,7-11,23H2,1H3,(H2,24,28)(H,25,33)(H,26,32)(H,27,31)(H,29,30)(H,34,35). The van der Waals surface area contributed by atoms with Crippen molar-refractivity contribution in [2.24, 2.45) is 11.5 Å². The normalized spacial score (nSPS) is 14.0. The molecule has 0 heterocycles. The Labute approximate surface area is 201 Å². The second-order valence-corrected chi connectivity index (χ2v) is 7.92. The molecule has 1 aromatic carbocycles. The highest BCUT2D eigenvalue weighted by Crippen LogP contribution is 2.05. The van der Waals surface area contributed by atoms with Crippen LogP contribution in [0, 0.1) is 0 Å². The SMILES string of the molecule is CC(NC(=O)C(CCC(=O)O)NC(=O)C(N)Cc1ccccc1)C(=O)NC(CCC(N)=O)C(=O)O. The minimum atomic E-state index is -1.41. The summed E-state index contributed by atoms with van der Waals surface area (Å²) in [6, 6.07) is 3.94. The maximum absolute atomic E-state index is 12.7. The second kappa shape index (κ2) is 14.3. The third-order valence-corrected chi connectivity index (χ3v) is 4.96. The van der Waals surface area contributed by atoms with Crippen LogP contribution >= 0.6 is 0 Å². The lowest BCUT2D eigenvalue weighted by Gasteiger charge is -2.23. The number of rotatable bonds is 15. The van der Waals surface area contributed by atoms with Crippen LogP contribution < -0.4 is 27.4 Å². The zero-order chi connectivity index (χ0) is 26.5. The van der Waals surface area contributed by atoms with Crippen LogP contribution in [-0.2, 0) is 35.2 Å². The summed E-state index contributed by atoms with van der Waals surface area (Å²) in [5.41, 5.74) is 11.7. The van der Waals surface area contributed by atoms with E-state index in [9.17, 15) is 33.9 Å². The van der Waals surface area contributed by atoms with Crippen LogP contribution in [0.2, 0.25) is 0 Å². The van der Waals surface area contributed by atoms with E-state index in [1.54, 1.807) is 30.3 Å². The molecule has 9 N–H and O–H groups in total. The average Bonchev–Trinajstić information content (AvgIpc) is 2.78. The van der Waals surface area contributed by atoms with Gasteiger partial charge in [-0.25, -0.2) is 4.79 Å². The Morgan fingerprint density at radius 3 is 1.94 bits per heavy atom. The van der Waals surface area contributed by atoms with Gasteiger partial charge in [0.05, 0.1) is 6.04 Å². The van der Waals surface area contributed by atoms with Crippen LogP contribution in [-0.4, -0.2) is 69.9 Å². The number of carbonyl (C=O) groups is 6. The number of carboxylic acids is 2. The molecule has 13 nitrogen and oxygen atoms in total. The maximum Gasteiger partial charge on any atom is 0.326 e. The predicted octanol–water partition coefficient (Wildman–Crippen LogP) is -1.75. The van der Waals surface area contributed by atoms with E-state index in [4.69, 9.17) is 16.6 Å². The van der Waals surface area contributed by atoms with Crippen LogP contribution in [0.1, 0.15) is 38.2 Å². The number of nitrogens with two attached hydrogens (primary N) is 2. The summed E-state index contributed by atoms with van der Waals surface area (Å²) >= 11 is 0. The van der Waals surface area contributed by atoms with Gasteiger partial charge < -0.3 is 37.6 Å². The van der Waals surface area contributed by atoms with Crippen molar-refractivity contribution in [1.29, 1.82) is 0 Å². The Balaban J connectivity index is 2.79. The summed E-state index contributed by atoms with van der Waals surface area (Å²) in [4.78, 5) is 70.8. The Morgan fingerprint density at radius 2 is 1.40 bits per heavy atom. The van der Waals surface area contributed by atoms with Crippen molar-refractivity contribution < 1.29 is 39.0 Å². The zero-order valence-electron chi connectivity index (χ0n) is 19.2. The van der Waals surface area contributed by atoms with Crippen LogP contribution in [0.3, 0.4) is 0 Å². The molecule has 35 heavy (non-hydrogen) atoms. The maximum atomic E-state index is 12.7. The smallest absolute Gasteiger partial charge is 0.326 e. The van der Waals surface area contributed by atoms with Crippen LogP contribution in [0.25, 0.3) is 0 Å². The van der Waals surface area contributed by atoms with Gasteiger partial charge in [-0.15, -0.1) is 0 Å². The largest absolute Gasteiger partial charge is 0.481 e. The number of nitrogens with one attached hydrogen (secondary N) is 3. The third kappa shape index (κ3) is 11.1. The van der Waals surface area contributed by atoms with Gasteiger partial charge in [-0.05, 0) is 31.7 Å². The Kier molecular flexibility index (Phi) is 11.9. The lowest BCUT2D eigenvalue weighted by atomic mass is 10.0. The summed E-state index contributed by atoms with van der Waals surface area (Å²) in [6.07, 6.45) is -1.05. The first-order chi connectivity index (χ1) is 16.4. The number of carboxylic acid groups (broad SMARTS) is 2. The van der Waals surface area contributed by atoms with Gasteiger partial charge in [-0.1, -0.05) is 30.3 Å². The number of hydrogen-bond donors (Lipinski definition) is 7. The lowest BCUT2D eigenvalue weighted by Crippen LogP contribution is -2.56. The van der Waals surface area contributed by atoms with Crippen LogP contribution in [0.4, 0.5) is 0 Å². The fourth-order valence-corrected chi connectivity index (χ4v) is 3.00. The Bertz CT molecular complexity index is 924. The van der Waals surface area contributed by atoms with E-state index >= 15 is 0 Å². The fraction of sp³-hybridized carbons (Fsp3) is 0.455. The molecule has 0 aliphatic carbocycles. The number of carbonyl (C=O) groups excluding carboxylic acids is 4. The van der Waals surface area contributed by atoms with Gasteiger partial charge in [0.2, 0.25) is 23.6 Å². The molecule has 13 heteroatoms. The van der Waals surface area contributed by atoms with E-state index in [0.717, 1.165) is 5.56 Å². The number of aliphatic carboxylic acids is 2. The van der Waals surface area contributed by atoms with Gasteiger partial charge in [-0.2, -0.15) is 0 Å². The van der Waals surface area contributed by atoms with E-state index in [-0.39, 0.29) is 25.7 Å². The highest BCUT2D eigenvalue weighted by atomic mass is 16.4. The molecule has 0 saturated heterocycles. The van der Waals surface area contributed by atoms with Crippen LogP contribution in [0.15, 0.2) is 30.3 Å². The number of amides is 4. The van der Waals surface area contributed by atoms with E-state index < -0.39 is 66.2 Å². The minimum absolute atomic E-state index is 0.181. The van der Waals surface area contributed by atoms with Gasteiger partial charge in [0.25, 0.3) is 0 Å². The molecule has 4 unspecified atom stereocenters. The van der Waals surface area contributed by atoms with Gasteiger partial charge in [0.15, 0.2) is 0 Å². The second-order valence-electron chi connectivity index (χ2n) is 7.92. The van der Waals surface area contributed by atoms with Crippen molar-refractivity contribution in [2.45, 2.75) is 63.2 Å².